The fourth-order valence-corrected chi connectivity index (χ4v) is 4.47. The summed E-state index contributed by atoms with van der Waals surface area (Å²) in [4.78, 5) is 10.8. The molecule has 182 valence electrons. The molecule has 3 aromatic rings. The van der Waals surface area contributed by atoms with Crippen molar-refractivity contribution in [2.24, 2.45) is 5.92 Å². The Morgan fingerprint density at radius 3 is 2.74 bits per heavy atom. The summed E-state index contributed by atoms with van der Waals surface area (Å²) in [5.74, 6) is 1.95. The average Bonchev–Trinajstić information content (AvgIpc) is 2.87. The Balaban J connectivity index is 1.22. The van der Waals surface area contributed by atoms with Crippen molar-refractivity contribution in [2.45, 2.75) is 25.4 Å². The lowest BCUT2D eigenvalue weighted by Gasteiger charge is -2.33. The summed E-state index contributed by atoms with van der Waals surface area (Å²) in [6, 6.07) is 18.1. The molecule has 4 rings (SSSR count). The van der Waals surface area contributed by atoms with E-state index in [-0.39, 0.29) is 12.5 Å². The first kappa shape index (κ1) is 25.0. The lowest BCUT2D eigenvalue weighted by molar-refractivity contribution is 0.0551. The number of halogens is 1. The molecular formula is C27H29BrN4O3. The molecule has 8 heteroatoms. The number of piperidine rings is 1. The second-order valence-electron chi connectivity index (χ2n) is 8.62. The molecule has 1 aromatic heterocycles. The Morgan fingerprint density at radius 1 is 1.17 bits per heavy atom. The number of anilines is 2. The normalized spacial score (nSPS) is 15.2. The fraction of sp³-hybridized carbons (Fsp3) is 0.333. The second kappa shape index (κ2) is 12.5. The SMILES string of the molecule is C#COc1nc(Nc2cccc(OC[C@@H](O)CN3CCC(Cc4ccccc4)CC3)c2)ncc1Br. The maximum atomic E-state index is 10.5. The van der Waals surface area contributed by atoms with Gasteiger partial charge in [-0.25, -0.2) is 4.98 Å². The van der Waals surface area contributed by atoms with Crippen LogP contribution in [0.3, 0.4) is 0 Å². The van der Waals surface area contributed by atoms with Gasteiger partial charge in [0.15, 0.2) is 0 Å². The molecule has 0 saturated carbocycles. The predicted octanol–water partition coefficient (Wildman–Crippen LogP) is 4.65. The molecule has 2 aromatic carbocycles. The number of β-amino-alcohol motifs (C(OH)–C–C–N with tert-alkyl or cyclic N) is 1. The molecule has 0 radical (unpaired) electrons. The van der Waals surface area contributed by atoms with E-state index in [1.165, 1.54) is 5.56 Å². The number of nitrogens with zero attached hydrogens (tertiary/aromatic N) is 3. The van der Waals surface area contributed by atoms with E-state index in [2.05, 4.69) is 72.6 Å². The van der Waals surface area contributed by atoms with Gasteiger partial charge in [-0.1, -0.05) is 42.8 Å². The molecule has 2 heterocycles. The number of nitrogens with one attached hydrogen (secondary N) is 1. The Bertz CT molecular complexity index is 1130. The maximum Gasteiger partial charge on any atom is 0.249 e. The molecule has 0 bridgehead atoms. The van der Waals surface area contributed by atoms with Crippen molar-refractivity contribution in [3.05, 3.63) is 70.8 Å². The molecule has 35 heavy (non-hydrogen) atoms. The van der Waals surface area contributed by atoms with Gasteiger partial charge in [-0.3, -0.25) is 0 Å². The molecular weight excluding hydrogens is 508 g/mol. The highest BCUT2D eigenvalue weighted by Crippen LogP contribution is 2.25. The van der Waals surface area contributed by atoms with E-state index in [4.69, 9.17) is 15.9 Å². The van der Waals surface area contributed by atoms with E-state index in [1.807, 2.05) is 24.3 Å². The number of hydrogen-bond donors (Lipinski definition) is 2. The standard InChI is InChI=1S/C27H29BrN4O3/c1-2-34-26-25(28)17-29-27(31-26)30-22-9-6-10-24(16-22)35-19-23(33)18-32-13-11-21(12-14-32)15-20-7-4-3-5-8-20/h1,3-10,16-17,21,23,33H,11-15,18-19H2,(H,29,30,31)/t23-/m0/s1. The Hall–Kier alpha value is -3.12. The molecule has 1 atom stereocenters. The molecule has 1 aliphatic heterocycles. The molecule has 2 N–H and O–H groups in total. The molecule has 0 amide bonds. The van der Waals surface area contributed by atoms with Gasteiger partial charge in [0.2, 0.25) is 11.8 Å². The summed E-state index contributed by atoms with van der Waals surface area (Å²) in [7, 11) is 0. The van der Waals surface area contributed by atoms with Crippen molar-refractivity contribution in [3.8, 4) is 24.2 Å². The van der Waals surface area contributed by atoms with Crippen LogP contribution < -0.4 is 14.8 Å². The smallest absolute Gasteiger partial charge is 0.249 e. The topological polar surface area (TPSA) is 79.7 Å². The van der Waals surface area contributed by atoms with Crippen LogP contribution in [0.4, 0.5) is 11.6 Å². The van der Waals surface area contributed by atoms with E-state index in [0.29, 0.717) is 28.6 Å². The van der Waals surface area contributed by atoms with Gasteiger partial charge in [-0.05, 0) is 71.9 Å². The number of ether oxygens (including phenoxy) is 2. The van der Waals surface area contributed by atoms with E-state index in [0.717, 1.165) is 38.0 Å². The summed E-state index contributed by atoms with van der Waals surface area (Å²) in [6.45, 7) is 2.85. The van der Waals surface area contributed by atoms with Gasteiger partial charge in [-0.15, -0.1) is 0 Å². The molecule has 1 saturated heterocycles. The first-order valence-corrected chi connectivity index (χ1v) is 12.5. The largest absolute Gasteiger partial charge is 0.491 e. The number of terminal acetylenes is 1. The Kier molecular flexibility index (Phi) is 8.96. The lowest BCUT2D eigenvalue weighted by Crippen LogP contribution is -2.41. The average molecular weight is 537 g/mol. The van der Waals surface area contributed by atoms with Gasteiger partial charge >= 0.3 is 0 Å². The van der Waals surface area contributed by atoms with Gasteiger partial charge < -0.3 is 24.8 Å². The quantitative estimate of drug-likeness (QED) is 0.365. The van der Waals surface area contributed by atoms with Gasteiger partial charge in [-0.2, -0.15) is 4.98 Å². The first-order valence-electron chi connectivity index (χ1n) is 11.7. The van der Waals surface area contributed by atoms with E-state index < -0.39 is 6.10 Å². The fourth-order valence-electron chi connectivity index (χ4n) is 4.20. The maximum absolute atomic E-state index is 10.5. The number of aliphatic hydroxyl groups is 1. The highest BCUT2D eigenvalue weighted by Gasteiger charge is 2.21. The molecule has 1 aliphatic rings. The summed E-state index contributed by atoms with van der Waals surface area (Å²) in [5.41, 5.74) is 2.15. The number of benzene rings is 2. The number of rotatable bonds is 10. The number of aromatic nitrogens is 2. The van der Waals surface area contributed by atoms with Gasteiger partial charge in [0.05, 0.1) is 10.7 Å². The van der Waals surface area contributed by atoms with E-state index >= 15 is 0 Å². The lowest BCUT2D eigenvalue weighted by atomic mass is 9.90. The summed E-state index contributed by atoms with van der Waals surface area (Å²) >= 11 is 3.29. The highest BCUT2D eigenvalue weighted by molar-refractivity contribution is 9.10. The zero-order chi connectivity index (χ0) is 24.5. The van der Waals surface area contributed by atoms with E-state index in [9.17, 15) is 5.11 Å². The van der Waals surface area contributed by atoms with Crippen LogP contribution in [-0.2, 0) is 6.42 Å². The minimum atomic E-state index is -0.560. The minimum Gasteiger partial charge on any atom is -0.491 e. The molecule has 0 unspecified atom stereocenters. The van der Waals surface area contributed by atoms with Crippen LogP contribution >= 0.6 is 15.9 Å². The second-order valence-corrected chi connectivity index (χ2v) is 9.47. The number of likely N-dealkylation sites (tertiary alicyclic amines) is 1. The molecule has 0 aliphatic carbocycles. The van der Waals surface area contributed by atoms with Crippen LogP contribution in [0.1, 0.15) is 18.4 Å². The molecule has 0 spiro atoms. The number of aliphatic hydroxyl groups excluding tert-OH is 1. The minimum absolute atomic E-state index is 0.225. The van der Waals surface area contributed by atoms with Crippen molar-refractivity contribution in [3.63, 3.8) is 0 Å². The third-order valence-corrected chi connectivity index (χ3v) is 6.49. The molecule has 1 fully saturated rings. The van der Waals surface area contributed by atoms with Crippen LogP contribution in [0.5, 0.6) is 11.6 Å². The number of hydrogen-bond acceptors (Lipinski definition) is 7. The van der Waals surface area contributed by atoms with Crippen molar-refractivity contribution in [1.82, 2.24) is 14.9 Å². The van der Waals surface area contributed by atoms with Gasteiger partial charge in [0, 0.05) is 18.3 Å². The van der Waals surface area contributed by atoms with Crippen LogP contribution in [0, 0.1) is 18.4 Å². The van der Waals surface area contributed by atoms with Crippen LogP contribution in [0.2, 0.25) is 0 Å². The van der Waals surface area contributed by atoms with Crippen LogP contribution in [0.25, 0.3) is 0 Å². The summed E-state index contributed by atoms with van der Waals surface area (Å²) < 4.78 is 11.4. The third-order valence-electron chi connectivity index (χ3n) is 5.94. The predicted molar refractivity (Wildman–Crippen MR) is 140 cm³/mol. The van der Waals surface area contributed by atoms with Crippen LogP contribution in [-0.4, -0.2) is 52.3 Å². The first-order chi connectivity index (χ1) is 17.1. The van der Waals surface area contributed by atoms with Gasteiger partial charge in [0.1, 0.15) is 24.6 Å². The Morgan fingerprint density at radius 2 is 1.97 bits per heavy atom. The zero-order valence-electron chi connectivity index (χ0n) is 19.4. The zero-order valence-corrected chi connectivity index (χ0v) is 21.0. The summed E-state index contributed by atoms with van der Waals surface area (Å²) in [5, 5.41) is 13.6. The monoisotopic (exact) mass is 536 g/mol. The molecule has 7 nitrogen and oxygen atoms in total. The van der Waals surface area contributed by atoms with Crippen molar-refractivity contribution in [2.75, 3.05) is 31.6 Å². The Labute approximate surface area is 214 Å². The highest BCUT2D eigenvalue weighted by atomic mass is 79.9. The summed E-state index contributed by atoms with van der Waals surface area (Å²) in [6.07, 6.45) is 11.7. The van der Waals surface area contributed by atoms with Crippen molar-refractivity contribution >= 4 is 27.6 Å². The van der Waals surface area contributed by atoms with Crippen molar-refractivity contribution in [1.29, 1.82) is 0 Å². The van der Waals surface area contributed by atoms with Gasteiger partial charge in [0.25, 0.3) is 0 Å². The van der Waals surface area contributed by atoms with Crippen LogP contribution in [0.15, 0.2) is 65.3 Å². The van der Waals surface area contributed by atoms with E-state index in [1.54, 1.807) is 6.20 Å². The van der Waals surface area contributed by atoms with Crippen molar-refractivity contribution < 1.29 is 14.6 Å². The third kappa shape index (κ3) is 7.69.